The number of hydrogen-bond donors (Lipinski definition) is 0. The Balaban J connectivity index is 2.44. The standard InChI is InChI=1S/C16H18O/c1-3-8-16(17)13-14(4-2)11-12-15-9-6-5-7-10-15/h4-7,9-10,14H,2,11-13H2,1H3/t14-/m1/s1. The van der Waals surface area contributed by atoms with Crippen molar-refractivity contribution in [2.45, 2.75) is 26.2 Å². The third-order valence-electron chi connectivity index (χ3n) is 2.69. The average Bonchev–Trinajstić information content (AvgIpc) is 2.36. The molecule has 0 radical (unpaired) electrons. The van der Waals surface area contributed by atoms with E-state index >= 15 is 0 Å². The summed E-state index contributed by atoms with van der Waals surface area (Å²) in [6.45, 7) is 5.47. The Labute approximate surface area is 104 Å². The Hall–Kier alpha value is -1.81. The summed E-state index contributed by atoms with van der Waals surface area (Å²) in [5.74, 6) is 5.44. The molecule has 1 aromatic carbocycles. The van der Waals surface area contributed by atoms with Gasteiger partial charge in [0.15, 0.2) is 0 Å². The van der Waals surface area contributed by atoms with E-state index in [0.717, 1.165) is 12.8 Å². The van der Waals surface area contributed by atoms with Crippen LogP contribution < -0.4 is 0 Å². The van der Waals surface area contributed by atoms with Gasteiger partial charge in [-0.2, -0.15) is 0 Å². The van der Waals surface area contributed by atoms with Crippen LogP contribution in [0.15, 0.2) is 43.0 Å². The molecule has 0 saturated heterocycles. The Morgan fingerprint density at radius 1 is 1.41 bits per heavy atom. The Morgan fingerprint density at radius 2 is 2.12 bits per heavy atom. The quantitative estimate of drug-likeness (QED) is 0.413. The molecule has 0 aliphatic rings. The van der Waals surface area contributed by atoms with Crippen LogP contribution in [0.25, 0.3) is 0 Å². The van der Waals surface area contributed by atoms with Gasteiger partial charge in [-0.05, 0) is 37.2 Å². The minimum Gasteiger partial charge on any atom is -0.285 e. The van der Waals surface area contributed by atoms with E-state index in [2.05, 4.69) is 30.6 Å². The van der Waals surface area contributed by atoms with Crippen molar-refractivity contribution < 1.29 is 4.79 Å². The molecule has 0 aromatic heterocycles. The third-order valence-corrected chi connectivity index (χ3v) is 2.69. The van der Waals surface area contributed by atoms with Gasteiger partial charge in [0.1, 0.15) is 0 Å². The van der Waals surface area contributed by atoms with Crippen molar-refractivity contribution in [2.24, 2.45) is 5.92 Å². The van der Waals surface area contributed by atoms with Crippen LogP contribution in [0.5, 0.6) is 0 Å². The van der Waals surface area contributed by atoms with Gasteiger partial charge in [0.05, 0.1) is 0 Å². The van der Waals surface area contributed by atoms with E-state index in [0.29, 0.717) is 6.42 Å². The first-order valence-electron chi connectivity index (χ1n) is 5.88. The van der Waals surface area contributed by atoms with Gasteiger partial charge >= 0.3 is 0 Å². The molecule has 1 nitrogen and oxygen atoms in total. The molecule has 17 heavy (non-hydrogen) atoms. The fraction of sp³-hybridized carbons (Fsp3) is 0.312. The van der Waals surface area contributed by atoms with E-state index in [9.17, 15) is 4.79 Å². The van der Waals surface area contributed by atoms with E-state index < -0.39 is 0 Å². The third kappa shape index (κ3) is 5.17. The van der Waals surface area contributed by atoms with Crippen LogP contribution in [0, 0.1) is 17.8 Å². The summed E-state index contributed by atoms with van der Waals surface area (Å²) in [7, 11) is 0. The topological polar surface area (TPSA) is 17.1 Å². The van der Waals surface area contributed by atoms with Crippen LogP contribution in [-0.4, -0.2) is 5.78 Å². The van der Waals surface area contributed by atoms with Crippen molar-refractivity contribution in [3.63, 3.8) is 0 Å². The van der Waals surface area contributed by atoms with Crippen molar-refractivity contribution in [2.75, 3.05) is 0 Å². The Bertz CT molecular complexity index is 420. The maximum atomic E-state index is 11.4. The summed E-state index contributed by atoms with van der Waals surface area (Å²) in [5, 5.41) is 0. The zero-order valence-electron chi connectivity index (χ0n) is 10.3. The fourth-order valence-corrected chi connectivity index (χ4v) is 1.73. The summed E-state index contributed by atoms with van der Waals surface area (Å²) >= 11 is 0. The maximum Gasteiger partial charge on any atom is 0.206 e. The van der Waals surface area contributed by atoms with Gasteiger partial charge < -0.3 is 0 Å². The number of carbonyl (C=O) groups is 1. The van der Waals surface area contributed by atoms with Crippen molar-refractivity contribution >= 4 is 5.78 Å². The second kappa shape index (κ2) is 7.46. The largest absolute Gasteiger partial charge is 0.285 e. The minimum absolute atomic E-state index is 0.00506. The lowest BCUT2D eigenvalue weighted by Crippen LogP contribution is -2.05. The first kappa shape index (κ1) is 13.3. The van der Waals surface area contributed by atoms with Crippen molar-refractivity contribution in [1.82, 2.24) is 0 Å². The van der Waals surface area contributed by atoms with Gasteiger partial charge in [0, 0.05) is 6.42 Å². The normalized spacial score (nSPS) is 11.1. The van der Waals surface area contributed by atoms with Gasteiger partial charge in [-0.3, -0.25) is 4.79 Å². The highest BCUT2D eigenvalue weighted by atomic mass is 16.1. The summed E-state index contributed by atoms with van der Waals surface area (Å²) in [5.41, 5.74) is 1.30. The predicted molar refractivity (Wildman–Crippen MR) is 71.5 cm³/mol. The Morgan fingerprint density at radius 3 is 2.71 bits per heavy atom. The van der Waals surface area contributed by atoms with Crippen LogP contribution in [0.1, 0.15) is 25.3 Å². The van der Waals surface area contributed by atoms with E-state index in [-0.39, 0.29) is 11.7 Å². The molecular weight excluding hydrogens is 208 g/mol. The molecule has 0 spiro atoms. The van der Waals surface area contributed by atoms with E-state index in [1.807, 2.05) is 24.3 Å². The molecule has 1 rings (SSSR count). The maximum absolute atomic E-state index is 11.4. The molecule has 0 heterocycles. The number of benzene rings is 1. The van der Waals surface area contributed by atoms with Crippen LogP contribution in [-0.2, 0) is 11.2 Å². The molecule has 0 aliphatic heterocycles. The van der Waals surface area contributed by atoms with Gasteiger partial charge in [-0.1, -0.05) is 42.3 Å². The highest BCUT2D eigenvalue weighted by molar-refractivity contribution is 5.95. The molecule has 0 fully saturated rings. The first-order valence-corrected chi connectivity index (χ1v) is 5.88. The second-order valence-corrected chi connectivity index (χ2v) is 4.02. The highest BCUT2D eigenvalue weighted by Gasteiger charge is 2.08. The molecule has 1 heteroatoms. The highest BCUT2D eigenvalue weighted by Crippen LogP contribution is 2.14. The summed E-state index contributed by atoms with van der Waals surface area (Å²) in [6, 6.07) is 10.3. The number of carbonyl (C=O) groups excluding carboxylic acids is 1. The van der Waals surface area contributed by atoms with Gasteiger partial charge in [-0.25, -0.2) is 0 Å². The number of allylic oxidation sites excluding steroid dienone is 1. The predicted octanol–water partition coefficient (Wildman–Crippen LogP) is 3.40. The summed E-state index contributed by atoms with van der Waals surface area (Å²) < 4.78 is 0. The molecule has 1 atom stereocenters. The van der Waals surface area contributed by atoms with Crippen LogP contribution in [0.2, 0.25) is 0 Å². The number of aryl methyl sites for hydroxylation is 1. The van der Waals surface area contributed by atoms with E-state index in [4.69, 9.17) is 0 Å². The minimum atomic E-state index is 0.00506. The number of ketones is 1. The van der Waals surface area contributed by atoms with Crippen molar-refractivity contribution in [1.29, 1.82) is 0 Å². The lowest BCUT2D eigenvalue weighted by molar-refractivity contribution is -0.114. The zero-order chi connectivity index (χ0) is 12.5. The SMILES string of the molecule is C=C[C@H](CCc1ccccc1)CC(=O)C#CC. The smallest absolute Gasteiger partial charge is 0.206 e. The monoisotopic (exact) mass is 226 g/mol. The zero-order valence-corrected chi connectivity index (χ0v) is 10.3. The van der Waals surface area contributed by atoms with Crippen LogP contribution >= 0.6 is 0 Å². The summed E-state index contributed by atoms with van der Waals surface area (Å²) in [6.07, 6.45) is 4.27. The Kier molecular flexibility index (Phi) is 5.82. The second-order valence-electron chi connectivity index (χ2n) is 4.02. The van der Waals surface area contributed by atoms with E-state index in [1.165, 1.54) is 5.56 Å². The molecule has 88 valence electrons. The van der Waals surface area contributed by atoms with Gasteiger partial charge in [-0.15, -0.1) is 6.58 Å². The molecule has 0 unspecified atom stereocenters. The molecule has 0 aliphatic carbocycles. The van der Waals surface area contributed by atoms with Crippen LogP contribution in [0.3, 0.4) is 0 Å². The first-order chi connectivity index (χ1) is 8.26. The van der Waals surface area contributed by atoms with Crippen molar-refractivity contribution in [3.8, 4) is 11.8 Å². The lowest BCUT2D eigenvalue weighted by atomic mass is 9.95. The fourth-order valence-electron chi connectivity index (χ4n) is 1.73. The summed E-state index contributed by atoms with van der Waals surface area (Å²) in [4.78, 5) is 11.4. The van der Waals surface area contributed by atoms with E-state index in [1.54, 1.807) is 6.92 Å². The molecule has 0 saturated carbocycles. The molecule has 0 N–H and O–H groups in total. The van der Waals surface area contributed by atoms with Gasteiger partial charge in [0.2, 0.25) is 5.78 Å². The lowest BCUT2D eigenvalue weighted by Gasteiger charge is -2.09. The van der Waals surface area contributed by atoms with Gasteiger partial charge in [0.25, 0.3) is 0 Å². The molecule has 1 aromatic rings. The molecular formula is C16H18O. The molecule has 0 amide bonds. The number of Topliss-reactive ketones (excluding diaryl/α,β-unsaturated/α-hetero) is 1. The number of rotatable bonds is 6. The average molecular weight is 226 g/mol. The molecule has 0 bridgehead atoms. The number of hydrogen-bond acceptors (Lipinski definition) is 1. The van der Waals surface area contributed by atoms with Crippen molar-refractivity contribution in [3.05, 3.63) is 48.6 Å². The van der Waals surface area contributed by atoms with Crippen LogP contribution in [0.4, 0.5) is 0 Å².